The number of aryl methyl sites for hydroxylation is 2. The standard InChI is InChI=1S/C12H9F3N2O3/c1-5-3-4-6(2)8(10(18)19)7(5)9-16-11(17-20-9)12(13,14)15/h3-4H,1-2H3,(H,18,19). The average molecular weight is 286 g/mol. The van der Waals surface area contributed by atoms with E-state index in [0.29, 0.717) is 11.1 Å². The second-order valence-corrected chi connectivity index (χ2v) is 4.18. The van der Waals surface area contributed by atoms with Gasteiger partial charge in [-0.1, -0.05) is 17.3 Å². The fraction of sp³-hybridized carbons (Fsp3) is 0.250. The molecule has 0 spiro atoms. The molecule has 0 aliphatic heterocycles. The maximum absolute atomic E-state index is 12.5. The lowest BCUT2D eigenvalue weighted by Crippen LogP contribution is -2.08. The molecule has 0 saturated heterocycles. The Labute approximate surface area is 111 Å². The highest BCUT2D eigenvalue weighted by Crippen LogP contribution is 2.32. The lowest BCUT2D eigenvalue weighted by atomic mass is 9.97. The second kappa shape index (κ2) is 4.62. The number of alkyl halides is 3. The molecule has 0 unspecified atom stereocenters. The van der Waals surface area contributed by atoms with Gasteiger partial charge in [-0.3, -0.25) is 0 Å². The van der Waals surface area contributed by atoms with E-state index in [1.807, 2.05) is 0 Å². The van der Waals surface area contributed by atoms with Crippen molar-refractivity contribution in [2.75, 3.05) is 0 Å². The molecule has 5 nitrogen and oxygen atoms in total. The van der Waals surface area contributed by atoms with Crippen molar-refractivity contribution in [1.29, 1.82) is 0 Å². The normalized spacial score (nSPS) is 11.7. The number of carboxylic acids is 1. The van der Waals surface area contributed by atoms with Gasteiger partial charge in [0, 0.05) is 0 Å². The van der Waals surface area contributed by atoms with Crippen molar-refractivity contribution in [2.24, 2.45) is 0 Å². The Kier molecular flexibility index (Phi) is 3.24. The molecule has 2 aromatic rings. The maximum Gasteiger partial charge on any atom is 0.455 e. The third-order valence-corrected chi connectivity index (χ3v) is 2.73. The summed E-state index contributed by atoms with van der Waals surface area (Å²) >= 11 is 0. The van der Waals surface area contributed by atoms with Gasteiger partial charge in [0.05, 0.1) is 11.1 Å². The Hall–Kier alpha value is -2.38. The van der Waals surface area contributed by atoms with Crippen LogP contribution in [0.5, 0.6) is 0 Å². The predicted octanol–water partition coefficient (Wildman–Crippen LogP) is 3.07. The smallest absolute Gasteiger partial charge is 0.455 e. The highest BCUT2D eigenvalue weighted by atomic mass is 19.4. The van der Waals surface area contributed by atoms with Crippen molar-refractivity contribution < 1.29 is 27.6 Å². The van der Waals surface area contributed by atoms with Crippen molar-refractivity contribution in [1.82, 2.24) is 10.1 Å². The van der Waals surface area contributed by atoms with Crippen molar-refractivity contribution in [2.45, 2.75) is 20.0 Å². The van der Waals surface area contributed by atoms with Crippen molar-refractivity contribution in [3.05, 3.63) is 34.6 Å². The van der Waals surface area contributed by atoms with Gasteiger partial charge in [-0.25, -0.2) is 4.79 Å². The van der Waals surface area contributed by atoms with Gasteiger partial charge in [-0.05, 0) is 25.0 Å². The van der Waals surface area contributed by atoms with Gasteiger partial charge in [0.25, 0.3) is 11.7 Å². The molecule has 0 aliphatic carbocycles. The van der Waals surface area contributed by atoms with Gasteiger partial charge in [0.2, 0.25) is 0 Å². The third kappa shape index (κ3) is 2.36. The molecule has 1 aromatic heterocycles. The van der Waals surface area contributed by atoms with Gasteiger partial charge in [0.1, 0.15) is 0 Å². The number of hydrogen-bond donors (Lipinski definition) is 1. The van der Waals surface area contributed by atoms with Crippen LogP contribution in [0.15, 0.2) is 16.7 Å². The van der Waals surface area contributed by atoms with Crippen molar-refractivity contribution in [3.8, 4) is 11.5 Å². The largest absolute Gasteiger partial charge is 0.478 e. The molecular weight excluding hydrogens is 277 g/mol. The summed E-state index contributed by atoms with van der Waals surface area (Å²) < 4.78 is 41.9. The van der Waals surface area contributed by atoms with E-state index in [2.05, 4.69) is 14.7 Å². The van der Waals surface area contributed by atoms with E-state index in [1.54, 1.807) is 19.1 Å². The highest BCUT2D eigenvalue weighted by molar-refractivity contribution is 5.97. The van der Waals surface area contributed by atoms with E-state index in [4.69, 9.17) is 0 Å². The first kappa shape index (κ1) is 14.0. The minimum Gasteiger partial charge on any atom is -0.478 e. The number of aromatic nitrogens is 2. The lowest BCUT2D eigenvalue weighted by molar-refractivity contribution is -0.146. The summed E-state index contributed by atoms with van der Waals surface area (Å²) in [6, 6.07) is 3.14. The van der Waals surface area contributed by atoms with Crippen LogP contribution in [0.4, 0.5) is 13.2 Å². The minimum absolute atomic E-state index is 0.000463. The zero-order chi connectivity index (χ0) is 15.1. The first-order valence-electron chi connectivity index (χ1n) is 5.46. The number of benzene rings is 1. The SMILES string of the molecule is Cc1ccc(C)c(-c2nc(C(F)(F)F)no2)c1C(=O)O. The van der Waals surface area contributed by atoms with Crippen LogP contribution in [0.25, 0.3) is 11.5 Å². The fourth-order valence-corrected chi connectivity index (χ4v) is 1.80. The zero-order valence-electron chi connectivity index (χ0n) is 10.4. The molecule has 1 heterocycles. The molecule has 1 aromatic carbocycles. The van der Waals surface area contributed by atoms with Gasteiger partial charge in [-0.2, -0.15) is 18.2 Å². The first-order chi connectivity index (χ1) is 9.21. The number of aromatic carboxylic acids is 1. The van der Waals surface area contributed by atoms with Crippen LogP contribution in [0.1, 0.15) is 27.3 Å². The topological polar surface area (TPSA) is 76.2 Å². The number of carboxylic acid groups (broad SMARTS) is 1. The number of carbonyl (C=O) groups is 1. The lowest BCUT2D eigenvalue weighted by Gasteiger charge is -2.08. The van der Waals surface area contributed by atoms with Crippen LogP contribution in [0.3, 0.4) is 0 Å². The molecule has 0 amide bonds. The van der Waals surface area contributed by atoms with Gasteiger partial charge in [-0.15, -0.1) is 0 Å². The predicted molar refractivity (Wildman–Crippen MR) is 61.2 cm³/mol. The van der Waals surface area contributed by atoms with E-state index in [1.165, 1.54) is 6.92 Å². The van der Waals surface area contributed by atoms with E-state index >= 15 is 0 Å². The summed E-state index contributed by atoms with van der Waals surface area (Å²) in [5.41, 5.74) is 0.679. The molecule has 2 rings (SSSR count). The van der Waals surface area contributed by atoms with Crippen LogP contribution < -0.4 is 0 Å². The van der Waals surface area contributed by atoms with Crippen molar-refractivity contribution >= 4 is 5.97 Å². The zero-order valence-corrected chi connectivity index (χ0v) is 10.4. The third-order valence-electron chi connectivity index (χ3n) is 2.73. The van der Waals surface area contributed by atoms with Crippen LogP contribution in [-0.2, 0) is 6.18 Å². The van der Waals surface area contributed by atoms with Crippen LogP contribution >= 0.6 is 0 Å². The Morgan fingerprint density at radius 1 is 1.25 bits per heavy atom. The number of hydrogen-bond acceptors (Lipinski definition) is 4. The first-order valence-corrected chi connectivity index (χ1v) is 5.46. The van der Waals surface area contributed by atoms with Crippen LogP contribution in [0, 0.1) is 13.8 Å². The molecule has 0 fully saturated rings. The Bertz CT molecular complexity index is 677. The van der Waals surface area contributed by atoms with Crippen LogP contribution in [-0.4, -0.2) is 21.2 Å². The molecule has 0 saturated carbocycles. The maximum atomic E-state index is 12.5. The minimum atomic E-state index is -4.75. The summed E-state index contributed by atoms with van der Waals surface area (Å²) in [6.45, 7) is 3.09. The number of rotatable bonds is 2. The molecule has 106 valence electrons. The van der Waals surface area contributed by atoms with E-state index in [-0.39, 0.29) is 11.1 Å². The molecular formula is C12H9F3N2O3. The molecule has 0 bridgehead atoms. The summed E-state index contributed by atoms with van der Waals surface area (Å²) in [5, 5.41) is 12.0. The fourth-order valence-electron chi connectivity index (χ4n) is 1.80. The Balaban J connectivity index is 2.67. The molecule has 0 atom stereocenters. The summed E-state index contributed by atoms with van der Waals surface area (Å²) in [5.74, 6) is -3.17. The van der Waals surface area contributed by atoms with Gasteiger partial charge >= 0.3 is 12.1 Å². The van der Waals surface area contributed by atoms with Gasteiger partial charge < -0.3 is 9.63 Å². The highest BCUT2D eigenvalue weighted by Gasteiger charge is 2.38. The van der Waals surface area contributed by atoms with Crippen molar-refractivity contribution in [3.63, 3.8) is 0 Å². The van der Waals surface area contributed by atoms with E-state index < -0.39 is 23.9 Å². The number of halogens is 3. The van der Waals surface area contributed by atoms with E-state index in [0.717, 1.165) is 0 Å². The molecule has 8 heteroatoms. The summed E-state index contributed by atoms with van der Waals surface area (Å²) in [7, 11) is 0. The quantitative estimate of drug-likeness (QED) is 0.918. The molecule has 20 heavy (non-hydrogen) atoms. The molecule has 1 N–H and O–H groups in total. The Morgan fingerprint density at radius 2 is 1.85 bits per heavy atom. The van der Waals surface area contributed by atoms with E-state index in [9.17, 15) is 23.1 Å². The monoisotopic (exact) mass is 286 g/mol. The number of nitrogens with zero attached hydrogens (tertiary/aromatic N) is 2. The van der Waals surface area contributed by atoms with Gasteiger partial charge in [0.15, 0.2) is 0 Å². The Morgan fingerprint density at radius 3 is 2.35 bits per heavy atom. The molecule has 0 radical (unpaired) electrons. The summed E-state index contributed by atoms with van der Waals surface area (Å²) in [4.78, 5) is 14.5. The summed E-state index contributed by atoms with van der Waals surface area (Å²) in [6.07, 6.45) is -4.75. The van der Waals surface area contributed by atoms with Crippen LogP contribution in [0.2, 0.25) is 0 Å². The second-order valence-electron chi connectivity index (χ2n) is 4.18. The average Bonchev–Trinajstić information content (AvgIpc) is 2.80. The molecule has 0 aliphatic rings.